The van der Waals surface area contributed by atoms with E-state index in [1.165, 1.54) is 26.1 Å². The van der Waals surface area contributed by atoms with E-state index in [2.05, 4.69) is 17.3 Å². The molecule has 0 aliphatic carbocycles. The first-order valence-corrected chi connectivity index (χ1v) is 4.50. The Bertz CT molecular complexity index is 245. The van der Waals surface area contributed by atoms with Crippen LogP contribution in [-0.2, 0) is 4.79 Å². The molecule has 15 heavy (non-hydrogen) atoms. The SMILES string of the molecule is CN1CCC12CNC2.O=C(O)C(F)(F)F. The molecule has 2 aliphatic heterocycles. The Kier molecular flexibility index (Phi) is 3.25. The monoisotopic (exact) mass is 226 g/mol. The van der Waals surface area contributed by atoms with Crippen LogP contribution in [0.5, 0.6) is 0 Å². The number of halogens is 3. The molecule has 4 nitrogen and oxygen atoms in total. The number of nitrogens with one attached hydrogen (secondary N) is 1. The van der Waals surface area contributed by atoms with E-state index in [-0.39, 0.29) is 0 Å². The van der Waals surface area contributed by atoms with Crippen molar-refractivity contribution in [1.82, 2.24) is 10.2 Å². The highest BCUT2D eigenvalue weighted by Gasteiger charge is 2.46. The molecule has 1 spiro atoms. The van der Waals surface area contributed by atoms with Crippen molar-refractivity contribution in [2.75, 3.05) is 26.7 Å². The lowest BCUT2D eigenvalue weighted by molar-refractivity contribution is -0.192. The van der Waals surface area contributed by atoms with Crippen molar-refractivity contribution in [3.05, 3.63) is 0 Å². The number of carboxylic acid groups (broad SMARTS) is 1. The molecule has 0 bridgehead atoms. The van der Waals surface area contributed by atoms with E-state index in [0.717, 1.165) is 0 Å². The van der Waals surface area contributed by atoms with E-state index < -0.39 is 12.1 Å². The number of carbonyl (C=O) groups is 1. The number of alkyl halides is 3. The van der Waals surface area contributed by atoms with E-state index in [9.17, 15) is 13.2 Å². The fourth-order valence-corrected chi connectivity index (χ4v) is 1.51. The second-order valence-electron chi connectivity index (χ2n) is 3.80. The van der Waals surface area contributed by atoms with Crippen molar-refractivity contribution in [2.45, 2.75) is 18.1 Å². The summed E-state index contributed by atoms with van der Waals surface area (Å²) >= 11 is 0. The van der Waals surface area contributed by atoms with Gasteiger partial charge >= 0.3 is 12.1 Å². The number of hydrogen-bond acceptors (Lipinski definition) is 3. The van der Waals surface area contributed by atoms with Gasteiger partial charge in [-0.25, -0.2) is 4.79 Å². The lowest BCUT2D eigenvalue weighted by Crippen LogP contribution is -2.74. The summed E-state index contributed by atoms with van der Waals surface area (Å²) in [6, 6.07) is 0. The standard InChI is InChI=1S/C6H12N2.C2HF3O2/c1-8-3-2-6(8)4-7-5-6;3-2(4,5)1(6)7/h7H,2-5H2,1H3;(H,6,7). The van der Waals surface area contributed by atoms with Gasteiger partial charge in [0.1, 0.15) is 0 Å². The number of carboxylic acids is 1. The Hall–Kier alpha value is -0.820. The van der Waals surface area contributed by atoms with Crippen molar-refractivity contribution in [3.8, 4) is 0 Å². The molecule has 2 saturated heterocycles. The lowest BCUT2D eigenvalue weighted by Gasteiger charge is -2.57. The average Bonchev–Trinajstić information content (AvgIpc) is 1.98. The third-order valence-corrected chi connectivity index (χ3v) is 2.87. The third kappa shape index (κ3) is 2.60. The van der Waals surface area contributed by atoms with Crippen LogP contribution in [0.15, 0.2) is 0 Å². The van der Waals surface area contributed by atoms with Gasteiger partial charge in [-0.15, -0.1) is 0 Å². The summed E-state index contributed by atoms with van der Waals surface area (Å²) in [6.45, 7) is 3.76. The van der Waals surface area contributed by atoms with Crippen molar-refractivity contribution in [3.63, 3.8) is 0 Å². The second-order valence-corrected chi connectivity index (χ2v) is 3.80. The predicted octanol–water partition coefficient (Wildman–Crippen LogP) is 0.297. The van der Waals surface area contributed by atoms with Gasteiger partial charge < -0.3 is 10.4 Å². The summed E-state index contributed by atoms with van der Waals surface area (Å²) < 4.78 is 31.7. The number of likely N-dealkylation sites (tertiary alicyclic amines) is 1. The molecule has 2 heterocycles. The molecule has 2 fully saturated rings. The Balaban J connectivity index is 0.000000153. The highest BCUT2D eigenvalue weighted by Crippen LogP contribution is 2.31. The van der Waals surface area contributed by atoms with Crippen molar-refractivity contribution in [1.29, 1.82) is 0 Å². The third-order valence-electron chi connectivity index (χ3n) is 2.87. The first-order valence-electron chi connectivity index (χ1n) is 4.50. The maximum Gasteiger partial charge on any atom is 0.490 e. The van der Waals surface area contributed by atoms with E-state index in [1.54, 1.807) is 0 Å². The zero-order chi connectivity index (χ0) is 11.7. The summed E-state index contributed by atoms with van der Waals surface area (Å²) in [5, 5.41) is 10.4. The van der Waals surface area contributed by atoms with Gasteiger partial charge in [-0.1, -0.05) is 0 Å². The van der Waals surface area contributed by atoms with Gasteiger partial charge in [-0.2, -0.15) is 13.2 Å². The molecule has 0 unspecified atom stereocenters. The van der Waals surface area contributed by atoms with Crippen molar-refractivity contribution >= 4 is 5.97 Å². The number of likely N-dealkylation sites (N-methyl/N-ethyl adjacent to an activating group) is 1. The van der Waals surface area contributed by atoms with Crippen LogP contribution in [-0.4, -0.2) is 54.4 Å². The molecular weight excluding hydrogens is 213 g/mol. The van der Waals surface area contributed by atoms with Crippen LogP contribution in [0.3, 0.4) is 0 Å². The van der Waals surface area contributed by atoms with E-state index in [1.807, 2.05) is 0 Å². The van der Waals surface area contributed by atoms with Crippen molar-refractivity contribution < 1.29 is 23.1 Å². The zero-order valence-corrected chi connectivity index (χ0v) is 8.26. The number of nitrogens with zero attached hydrogens (tertiary/aromatic N) is 1. The van der Waals surface area contributed by atoms with Gasteiger partial charge in [0, 0.05) is 25.2 Å². The normalized spacial score (nSPS) is 23.5. The first-order chi connectivity index (χ1) is 6.78. The maximum absolute atomic E-state index is 10.6. The minimum Gasteiger partial charge on any atom is -0.475 e. The molecule has 0 radical (unpaired) electrons. The molecule has 2 rings (SSSR count). The van der Waals surface area contributed by atoms with Crippen LogP contribution in [0.2, 0.25) is 0 Å². The predicted molar refractivity (Wildman–Crippen MR) is 46.5 cm³/mol. The molecule has 88 valence electrons. The van der Waals surface area contributed by atoms with E-state index in [4.69, 9.17) is 9.90 Å². The molecule has 0 amide bonds. The number of aliphatic carboxylic acids is 1. The fraction of sp³-hybridized carbons (Fsp3) is 0.875. The van der Waals surface area contributed by atoms with Crippen LogP contribution in [0.4, 0.5) is 13.2 Å². The Labute approximate surface area is 85.1 Å². The molecule has 2 N–H and O–H groups in total. The largest absolute Gasteiger partial charge is 0.490 e. The van der Waals surface area contributed by atoms with Gasteiger partial charge in [0.05, 0.1) is 0 Å². The van der Waals surface area contributed by atoms with E-state index in [0.29, 0.717) is 5.54 Å². The van der Waals surface area contributed by atoms with Crippen LogP contribution < -0.4 is 5.32 Å². The minimum atomic E-state index is -5.08. The average molecular weight is 226 g/mol. The topological polar surface area (TPSA) is 52.6 Å². The molecule has 7 heteroatoms. The molecule has 0 atom stereocenters. The van der Waals surface area contributed by atoms with Gasteiger partial charge in [-0.3, -0.25) is 4.90 Å². The Morgan fingerprint density at radius 1 is 1.47 bits per heavy atom. The second kappa shape index (κ2) is 3.97. The molecule has 0 aromatic carbocycles. The van der Waals surface area contributed by atoms with Crippen LogP contribution in [0.1, 0.15) is 6.42 Å². The maximum atomic E-state index is 10.6. The van der Waals surface area contributed by atoms with E-state index >= 15 is 0 Å². The summed E-state index contributed by atoms with van der Waals surface area (Å²) in [5.74, 6) is -2.76. The van der Waals surface area contributed by atoms with Gasteiger partial charge in [0.15, 0.2) is 0 Å². The molecule has 0 aromatic heterocycles. The van der Waals surface area contributed by atoms with Gasteiger partial charge in [0.2, 0.25) is 0 Å². The zero-order valence-electron chi connectivity index (χ0n) is 8.26. The number of hydrogen-bond donors (Lipinski definition) is 2. The van der Waals surface area contributed by atoms with Gasteiger partial charge in [0.25, 0.3) is 0 Å². The summed E-state index contributed by atoms with van der Waals surface area (Å²) in [4.78, 5) is 11.3. The summed E-state index contributed by atoms with van der Waals surface area (Å²) in [5.41, 5.74) is 0.625. The highest BCUT2D eigenvalue weighted by molar-refractivity contribution is 5.73. The lowest BCUT2D eigenvalue weighted by atomic mass is 9.80. The quantitative estimate of drug-likeness (QED) is 0.623. The van der Waals surface area contributed by atoms with Gasteiger partial charge in [-0.05, 0) is 13.5 Å². The van der Waals surface area contributed by atoms with Crippen LogP contribution in [0, 0.1) is 0 Å². The highest BCUT2D eigenvalue weighted by atomic mass is 19.4. The first kappa shape index (κ1) is 12.3. The summed E-state index contributed by atoms with van der Waals surface area (Å²) in [7, 11) is 2.21. The Morgan fingerprint density at radius 2 is 1.93 bits per heavy atom. The molecule has 2 aliphatic rings. The number of rotatable bonds is 0. The van der Waals surface area contributed by atoms with Crippen molar-refractivity contribution in [2.24, 2.45) is 0 Å². The molecule has 0 aromatic rings. The molecule has 0 saturated carbocycles. The summed E-state index contributed by atoms with van der Waals surface area (Å²) in [6.07, 6.45) is -3.67. The Morgan fingerprint density at radius 3 is 1.93 bits per heavy atom. The minimum absolute atomic E-state index is 0.625. The van der Waals surface area contributed by atoms with Crippen LogP contribution in [0.25, 0.3) is 0 Å². The smallest absolute Gasteiger partial charge is 0.475 e. The van der Waals surface area contributed by atoms with Crippen LogP contribution >= 0.6 is 0 Å². The fourth-order valence-electron chi connectivity index (χ4n) is 1.51. The molecular formula is C8H13F3N2O2.